The molecule has 2 aromatic rings. The maximum absolute atomic E-state index is 10.9. The van der Waals surface area contributed by atoms with Gasteiger partial charge in [-0.3, -0.25) is 0 Å². The van der Waals surface area contributed by atoms with Crippen molar-refractivity contribution in [3.8, 4) is 5.75 Å². The molecule has 0 radical (unpaired) electrons. The van der Waals surface area contributed by atoms with E-state index in [4.69, 9.17) is 10.5 Å². The van der Waals surface area contributed by atoms with E-state index in [1.165, 1.54) is 0 Å². The molecular weight excluding hydrogens is 290 g/mol. The van der Waals surface area contributed by atoms with Gasteiger partial charge in [-0.15, -0.1) is 0 Å². The quantitative estimate of drug-likeness (QED) is 0.645. The Hall–Kier alpha value is -2.69. The largest absolute Gasteiger partial charge is 0.494 e. The first-order chi connectivity index (χ1) is 11.2. The molecule has 2 amide bonds. The minimum Gasteiger partial charge on any atom is -0.494 e. The van der Waals surface area contributed by atoms with Crippen LogP contribution in [0.25, 0.3) is 0 Å². The molecule has 0 spiro atoms. The zero-order valence-corrected chi connectivity index (χ0v) is 13.3. The number of amides is 2. The Morgan fingerprint density at radius 1 is 1.13 bits per heavy atom. The molecule has 4 N–H and O–H groups in total. The van der Waals surface area contributed by atoms with E-state index in [1.807, 2.05) is 42.5 Å². The number of carbonyl (C=O) groups is 1. The van der Waals surface area contributed by atoms with Gasteiger partial charge in [-0.1, -0.05) is 31.5 Å². The number of primary amides is 1. The topological polar surface area (TPSA) is 76.4 Å². The van der Waals surface area contributed by atoms with Gasteiger partial charge in [-0.2, -0.15) is 0 Å². The minimum absolute atomic E-state index is 0.569. The second-order valence-electron chi connectivity index (χ2n) is 5.27. The van der Waals surface area contributed by atoms with Crippen molar-refractivity contribution in [1.82, 2.24) is 0 Å². The summed E-state index contributed by atoms with van der Waals surface area (Å²) in [6.07, 6.45) is 2.20. The predicted octanol–water partition coefficient (Wildman–Crippen LogP) is 3.97. The molecule has 0 aliphatic heterocycles. The van der Waals surface area contributed by atoms with Crippen LogP contribution in [0.5, 0.6) is 5.75 Å². The Morgan fingerprint density at radius 3 is 2.57 bits per heavy atom. The van der Waals surface area contributed by atoms with E-state index in [0.717, 1.165) is 36.4 Å². The minimum atomic E-state index is -0.569. The average Bonchev–Trinajstić information content (AvgIpc) is 2.54. The number of ether oxygens (including phenoxy) is 1. The van der Waals surface area contributed by atoms with E-state index in [1.54, 1.807) is 6.07 Å². The molecular formula is C18H23N3O2. The summed E-state index contributed by atoms with van der Waals surface area (Å²) < 4.78 is 5.64. The number of hydrogen-bond donors (Lipinski definition) is 3. The molecule has 0 fully saturated rings. The van der Waals surface area contributed by atoms with Crippen LogP contribution in [0.3, 0.4) is 0 Å². The lowest BCUT2D eigenvalue weighted by Gasteiger charge is -2.10. The zero-order valence-electron chi connectivity index (χ0n) is 13.3. The van der Waals surface area contributed by atoms with Crippen molar-refractivity contribution in [2.45, 2.75) is 26.3 Å². The van der Waals surface area contributed by atoms with Gasteiger partial charge >= 0.3 is 6.03 Å². The summed E-state index contributed by atoms with van der Waals surface area (Å²) in [5, 5.41) is 5.87. The number of carbonyl (C=O) groups excluding carboxylic acids is 1. The van der Waals surface area contributed by atoms with Crippen molar-refractivity contribution >= 4 is 17.4 Å². The van der Waals surface area contributed by atoms with Crippen LogP contribution < -0.4 is 21.1 Å². The number of nitrogens with two attached hydrogens (primary N) is 1. The molecule has 0 aliphatic carbocycles. The molecule has 0 saturated carbocycles. The number of urea groups is 1. The lowest BCUT2D eigenvalue weighted by Crippen LogP contribution is -2.19. The molecule has 5 nitrogen and oxygen atoms in total. The molecule has 23 heavy (non-hydrogen) atoms. The molecule has 2 aromatic carbocycles. The zero-order chi connectivity index (χ0) is 16.5. The normalized spacial score (nSPS) is 10.1. The van der Waals surface area contributed by atoms with Crippen LogP contribution in [0, 0.1) is 0 Å². The third-order valence-corrected chi connectivity index (χ3v) is 3.32. The van der Waals surface area contributed by atoms with E-state index in [-0.39, 0.29) is 0 Å². The maximum Gasteiger partial charge on any atom is 0.316 e. The molecule has 2 rings (SSSR count). The van der Waals surface area contributed by atoms with Crippen molar-refractivity contribution in [2.75, 3.05) is 17.2 Å². The van der Waals surface area contributed by atoms with Gasteiger partial charge in [0.2, 0.25) is 0 Å². The second-order valence-corrected chi connectivity index (χ2v) is 5.27. The van der Waals surface area contributed by atoms with Gasteiger partial charge in [0.15, 0.2) is 0 Å². The second kappa shape index (κ2) is 8.68. The highest BCUT2D eigenvalue weighted by molar-refractivity contribution is 5.88. The van der Waals surface area contributed by atoms with Gasteiger partial charge in [-0.25, -0.2) is 4.79 Å². The van der Waals surface area contributed by atoms with Crippen LogP contribution in [0.15, 0.2) is 48.5 Å². The Labute approximate surface area is 136 Å². The predicted molar refractivity (Wildman–Crippen MR) is 93.8 cm³/mol. The SMILES string of the molecule is CCCCOc1ccc(CNc2cccc(NC(N)=O)c2)cc1. The van der Waals surface area contributed by atoms with Crippen LogP contribution in [0.4, 0.5) is 16.2 Å². The monoisotopic (exact) mass is 313 g/mol. The first-order valence-electron chi connectivity index (χ1n) is 7.79. The number of anilines is 2. The third kappa shape index (κ3) is 5.90. The first-order valence-corrected chi connectivity index (χ1v) is 7.79. The fraction of sp³-hybridized carbons (Fsp3) is 0.278. The Morgan fingerprint density at radius 2 is 1.87 bits per heavy atom. The molecule has 0 heterocycles. The maximum atomic E-state index is 10.9. The van der Waals surface area contributed by atoms with Gasteiger partial charge in [0.1, 0.15) is 5.75 Å². The van der Waals surface area contributed by atoms with Gasteiger partial charge in [-0.05, 0) is 42.3 Å². The molecule has 0 aliphatic rings. The first kappa shape index (κ1) is 16.7. The molecule has 0 bridgehead atoms. The fourth-order valence-corrected chi connectivity index (χ4v) is 2.09. The van der Waals surface area contributed by atoms with E-state index in [2.05, 4.69) is 17.6 Å². The number of hydrogen-bond acceptors (Lipinski definition) is 3. The summed E-state index contributed by atoms with van der Waals surface area (Å²) in [7, 11) is 0. The van der Waals surface area contributed by atoms with Crippen molar-refractivity contribution in [2.24, 2.45) is 5.73 Å². The van der Waals surface area contributed by atoms with Crippen LogP contribution in [0.1, 0.15) is 25.3 Å². The van der Waals surface area contributed by atoms with Crippen molar-refractivity contribution < 1.29 is 9.53 Å². The summed E-state index contributed by atoms with van der Waals surface area (Å²) in [6.45, 7) is 3.59. The molecule has 122 valence electrons. The highest BCUT2D eigenvalue weighted by atomic mass is 16.5. The van der Waals surface area contributed by atoms with Crippen LogP contribution in [0.2, 0.25) is 0 Å². The van der Waals surface area contributed by atoms with E-state index < -0.39 is 6.03 Å². The number of benzene rings is 2. The van der Waals surface area contributed by atoms with Gasteiger partial charge in [0.05, 0.1) is 6.61 Å². The summed E-state index contributed by atoms with van der Waals surface area (Å²) in [6, 6.07) is 14.9. The summed E-state index contributed by atoms with van der Waals surface area (Å²) in [4.78, 5) is 10.9. The molecule has 0 atom stereocenters. The molecule has 0 saturated heterocycles. The fourth-order valence-electron chi connectivity index (χ4n) is 2.09. The van der Waals surface area contributed by atoms with Crippen LogP contribution in [-0.4, -0.2) is 12.6 Å². The lowest BCUT2D eigenvalue weighted by atomic mass is 10.2. The van der Waals surface area contributed by atoms with Crippen molar-refractivity contribution in [3.05, 3.63) is 54.1 Å². The molecule has 0 unspecified atom stereocenters. The Balaban J connectivity index is 1.86. The Bertz CT molecular complexity index is 626. The van der Waals surface area contributed by atoms with E-state index in [0.29, 0.717) is 12.2 Å². The lowest BCUT2D eigenvalue weighted by molar-refractivity contribution is 0.259. The van der Waals surface area contributed by atoms with Crippen molar-refractivity contribution in [3.63, 3.8) is 0 Å². The van der Waals surface area contributed by atoms with Gasteiger partial charge in [0.25, 0.3) is 0 Å². The average molecular weight is 313 g/mol. The standard InChI is InChI=1S/C18H23N3O2/c1-2-3-11-23-17-9-7-14(8-10-17)13-20-15-5-4-6-16(12-15)21-18(19)22/h4-10,12,20H,2-3,11,13H2,1H3,(H3,19,21,22). The summed E-state index contributed by atoms with van der Waals surface area (Å²) >= 11 is 0. The van der Waals surface area contributed by atoms with Crippen LogP contribution in [-0.2, 0) is 6.54 Å². The molecule has 0 aromatic heterocycles. The smallest absolute Gasteiger partial charge is 0.316 e. The van der Waals surface area contributed by atoms with E-state index >= 15 is 0 Å². The highest BCUT2D eigenvalue weighted by Crippen LogP contribution is 2.17. The third-order valence-electron chi connectivity index (χ3n) is 3.32. The summed E-state index contributed by atoms with van der Waals surface area (Å²) in [5.41, 5.74) is 7.85. The summed E-state index contributed by atoms with van der Waals surface area (Å²) in [5.74, 6) is 0.898. The number of nitrogens with one attached hydrogen (secondary N) is 2. The highest BCUT2D eigenvalue weighted by Gasteiger charge is 1.99. The number of unbranched alkanes of at least 4 members (excludes halogenated alkanes) is 1. The van der Waals surface area contributed by atoms with Crippen LogP contribution >= 0.6 is 0 Å². The Kier molecular flexibility index (Phi) is 6.29. The van der Waals surface area contributed by atoms with Gasteiger partial charge in [0, 0.05) is 17.9 Å². The van der Waals surface area contributed by atoms with Gasteiger partial charge < -0.3 is 21.1 Å². The molecule has 5 heteroatoms. The van der Waals surface area contributed by atoms with Crippen molar-refractivity contribution in [1.29, 1.82) is 0 Å². The van der Waals surface area contributed by atoms with E-state index in [9.17, 15) is 4.79 Å². The number of rotatable bonds is 8.